The average Bonchev–Trinajstić information content (AvgIpc) is 3.42. The minimum Gasteiger partial charge on any atom is -0.346 e. The number of hydrogen-bond acceptors (Lipinski definition) is 4. The van der Waals surface area contributed by atoms with Crippen LogP contribution in [0.15, 0.2) is 24.4 Å². The summed E-state index contributed by atoms with van der Waals surface area (Å²) in [7, 11) is 0. The number of nitriles is 1. The fourth-order valence-electron chi connectivity index (χ4n) is 4.79. The molecule has 2 fully saturated rings. The summed E-state index contributed by atoms with van der Waals surface area (Å²) in [6, 6.07) is 6.28. The number of aromatic amines is 1. The molecule has 0 aromatic carbocycles. The van der Waals surface area contributed by atoms with E-state index in [0.29, 0.717) is 12.4 Å². The van der Waals surface area contributed by atoms with E-state index in [0.717, 1.165) is 61.5 Å². The molecule has 0 unspecified atom stereocenters. The SMILES string of the molecule is N#CCC(=O)N1CC=C(c2cc(N(C=O)C3CC3)nc3[nH]ccc23)CC12CCC2. The molecule has 3 heterocycles. The average molecular weight is 389 g/mol. The molecule has 2 aliphatic carbocycles. The Morgan fingerprint density at radius 3 is 2.93 bits per heavy atom. The van der Waals surface area contributed by atoms with Crippen molar-refractivity contribution in [1.82, 2.24) is 14.9 Å². The van der Waals surface area contributed by atoms with E-state index in [-0.39, 0.29) is 23.9 Å². The lowest BCUT2D eigenvalue weighted by molar-refractivity contribution is -0.139. The molecule has 29 heavy (non-hydrogen) atoms. The minimum absolute atomic E-state index is 0.0674. The van der Waals surface area contributed by atoms with E-state index >= 15 is 0 Å². The van der Waals surface area contributed by atoms with E-state index in [4.69, 9.17) is 5.26 Å². The van der Waals surface area contributed by atoms with Crippen LogP contribution in [0.5, 0.6) is 0 Å². The Bertz CT molecular complexity index is 1050. The van der Waals surface area contributed by atoms with Crippen LogP contribution in [0.2, 0.25) is 0 Å². The van der Waals surface area contributed by atoms with Gasteiger partial charge in [0.15, 0.2) is 0 Å². The van der Waals surface area contributed by atoms with E-state index < -0.39 is 0 Å². The van der Waals surface area contributed by atoms with Crippen LogP contribution in [0.3, 0.4) is 0 Å². The van der Waals surface area contributed by atoms with Gasteiger partial charge in [-0.15, -0.1) is 0 Å². The molecule has 1 aliphatic heterocycles. The Kier molecular flexibility index (Phi) is 4.16. The molecule has 0 atom stereocenters. The third-order valence-corrected chi connectivity index (χ3v) is 6.61. The summed E-state index contributed by atoms with van der Waals surface area (Å²) in [6.45, 7) is 0.527. The first kappa shape index (κ1) is 17.9. The molecule has 5 rings (SSSR count). The van der Waals surface area contributed by atoms with Crippen molar-refractivity contribution in [2.75, 3.05) is 11.4 Å². The molecular weight excluding hydrogens is 366 g/mol. The molecule has 1 N–H and O–H groups in total. The predicted molar refractivity (Wildman–Crippen MR) is 109 cm³/mol. The Morgan fingerprint density at radius 1 is 1.45 bits per heavy atom. The molecule has 0 radical (unpaired) electrons. The van der Waals surface area contributed by atoms with Crippen LogP contribution < -0.4 is 4.90 Å². The molecule has 2 amide bonds. The van der Waals surface area contributed by atoms with Crippen LogP contribution >= 0.6 is 0 Å². The number of amides is 2. The Labute approximate surface area is 169 Å². The number of aromatic nitrogens is 2. The summed E-state index contributed by atoms with van der Waals surface area (Å²) in [5.74, 6) is 0.601. The smallest absolute Gasteiger partial charge is 0.237 e. The van der Waals surface area contributed by atoms with Gasteiger partial charge in [-0.05, 0) is 61.8 Å². The predicted octanol–water partition coefficient (Wildman–Crippen LogP) is 3.14. The number of hydrogen-bond donors (Lipinski definition) is 1. The van der Waals surface area contributed by atoms with Crippen molar-refractivity contribution in [1.29, 1.82) is 5.26 Å². The number of rotatable bonds is 5. The van der Waals surface area contributed by atoms with Gasteiger partial charge in [0.05, 0.1) is 6.07 Å². The van der Waals surface area contributed by atoms with Crippen LogP contribution in [0, 0.1) is 11.3 Å². The highest BCUT2D eigenvalue weighted by Crippen LogP contribution is 2.48. The van der Waals surface area contributed by atoms with Crippen molar-refractivity contribution in [2.24, 2.45) is 0 Å². The first-order chi connectivity index (χ1) is 14.1. The molecular formula is C22H23N5O2. The van der Waals surface area contributed by atoms with Gasteiger partial charge in [-0.3, -0.25) is 14.5 Å². The van der Waals surface area contributed by atoms with Crippen LogP contribution in [-0.4, -0.2) is 45.3 Å². The van der Waals surface area contributed by atoms with Crippen LogP contribution in [-0.2, 0) is 9.59 Å². The topological polar surface area (TPSA) is 93.1 Å². The van der Waals surface area contributed by atoms with Crippen molar-refractivity contribution in [3.63, 3.8) is 0 Å². The molecule has 0 saturated heterocycles. The van der Waals surface area contributed by atoms with Gasteiger partial charge in [0, 0.05) is 29.7 Å². The monoisotopic (exact) mass is 389 g/mol. The van der Waals surface area contributed by atoms with Crippen molar-refractivity contribution in [3.05, 3.63) is 30.0 Å². The van der Waals surface area contributed by atoms with Crippen molar-refractivity contribution >= 4 is 34.7 Å². The van der Waals surface area contributed by atoms with Crippen LogP contribution in [0.25, 0.3) is 16.6 Å². The third-order valence-electron chi connectivity index (χ3n) is 6.61. The van der Waals surface area contributed by atoms with Gasteiger partial charge in [-0.1, -0.05) is 6.08 Å². The van der Waals surface area contributed by atoms with Gasteiger partial charge in [-0.2, -0.15) is 5.26 Å². The lowest BCUT2D eigenvalue weighted by atomic mass is 9.68. The Hall–Kier alpha value is -3.14. The van der Waals surface area contributed by atoms with E-state index in [1.807, 2.05) is 29.3 Å². The van der Waals surface area contributed by atoms with Gasteiger partial charge < -0.3 is 9.88 Å². The molecule has 2 aromatic rings. The summed E-state index contributed by atoms with van der Waals surface area (Å²) in [4.78, 5) is 35.7. The maximum Gasteiger partial charge on any atom is 0.237 e. The van der Waals surface area contributed by atoms with Gasteiger partial charge in [-0.25, -0.2) is 4.98 Å². The maximum absolute atomic E-state index is 12.5. The second kappa shape index (κ2) is 6.73. The van der Waals surface area contributed by atoms with Gasteiger partial charge in [0.25, 0.3) is 0 Å². The van der Waals surface area contributed by atoms with Crippen LogP contribution in [0.1, 0.15) is 50.5 Å². The standard InChI is InChI=1S/C22H23N5O2/c23-9-4-20(29)27-11-6-15(13-22(27)7-1-8-22)18-12-19(26(14-28)16-2-3-16)25-21-17(18)5-10-24-21/h5-6,10,12,14,16H,1-4,7-8,11,13H2,(H,24,25). The summed E-state index contributed by atoms with van der Waals surface area (Å²) in [5.41, 5.74) is 2.87. The fraction of sp³-hybridized carbons (Fsp3) is 0.455. The number of carbonyl (C=O) groups excluding carboxylic acids is 2. The number of fused-ring (bicyclic) bond motifs is 1. The lowest BCUT2D eigenvalue weighted by Gasteiger charge is -2.52. The number of nitrogens with one attached hydrogen (secondary N) is 1. The zero-order valence-electron chi connectivity index (χ0n) is 16.2. The summed E-state index contributed by atoms with van der Waals surface area (Å²) >= 11 is 0. The molecule has 7 nitrogen and oxygen atoms in total. The van der Waals surface area contributed by atoms with Gasteiger partial charge in [0.2, 0.25) is 12.3 Å². The second-order valence-corrected chi connectivity index (χ2v) is 8.34. The zero-order valence-corrected chi connectivity index (χ0v) is 16.2. The number of H-pyrrole nitrogens is 1. The summed E-state index contributed by atoms with van der Waals surface area (Å²) in [6.07, 6.45) is 10.6. The first-order valence-corrected chi connectivity index (χ1v) is 10.2. The summed E-state index contributed by atoms with van der Waals surface area (Å²) < 4.78 is 0. The van der Waals surface area contributed by atoms with E-state index in [2.05, 4.69) is 16.0 Å². The first-order valence-electron chi connectivity index (χ1n) is 10.2. The van der Waals surface area contributed by atoms with Gasteiger partial charge in [0.1, 0.15) is 17.9 Å². The number of nitrogens with zero attached hydrogens (tertiary/aromatic N) is 4. The van der Waals surface area contributed by atoms with E-state index in [1.54, 1.807) is 4.90 Å². The number of carbonyl (C=O) groups is 2. The third kappa shape index (κ3) is 2.91. The lowest BCUT2D eigenvalue weighted by Crippen LogP contribution is -2.57. The van der Waals surface area contributed by atoms with Crippen molar-refractivity contribution in [3.8, 4) is 6.07 Å². The molecule has 2 saturated carbocycles. The second-order valence-electron chi connectivity index (χ2n) is 8.34. The highest BCUT2D eigenvalue weighted by Gasteiger charge is 2.46. The summed E-state index contributed by atoms with van der Waals surface area (Å²) in [5, 5.41) is 9.99. The Morgan fingerprint density at radius 2 is 2.28 bits per heavy atom. The fourth-order valence-corrected chi connectivity index (χ4v) is 4.79. The largest absolute Gasteiger partial charge is 0.346 e. The zero-order chi connectivity index (χ0) is 20.0. The molecule has 0 bridgehead atoms. The molecule has 7 heteroatoms. The number of pyridine rings is 1. The molecule has 2 aromatic heterocycles. The minimum atomic E-state index is -0.176. The van der Waals surface area contributed by atoms with E-state index in [9.17, 15) is 9.59 Å². The van der Waals surface area contributed by atoms with Crippen molar-refractivity contribution < 1.29 is 9.59 Å². The van der Waals surface area contributed by atoms with E-state index in [1.165, 1.54) is 5.57 Å². The molecule has 3 aliphatic rings. The quantitative estimate of drug-likeness (QED) is 0.795. The molecule has 148 valence electrons. The molecule has 1 spiro atoms. The maximum atomic E-state index is 12.5. The van der Waals surface area contributed by atoms with Crippen molar-refractivity contribution in [2.45, 2.75) is 56.5 Å². The highest BCUT2D eigenvalue weighted by atomic mass is 16.2. The number of anilines is 1. The normalized spacial score (nSPS) is 20.1. The Balaban J connectivity index is 1.55. The highest BCUT2D eigenvalue weighted by molar-refractivity contribution is 5.94. The van der Waals surface area contributed by atoms with Gasteiger partial charge >= 0.3 is 0 Å². The van der Waals surface area contributed by atoms with Crippen LogP contribution in [0.4, 0.5) is 5.82 Å².